The van der Waals surface area contributed by atoms with Crippen LogP contribution in [0, 0.1) is 5.41 Å². The van der Waals surface area contributed by atoms with E-state index in [0.29, 0.717) is 49.1 Å². The molecule has 3 aromatic heterocycles. The first kappa shape index (κ1) is 48.8. The van der Waals surface area contributed by atoms with Gasteiger partial charge in [-0.2, -0.15) is 0 Å². The summed E-state index contributed by atoms with van der Waals surface area (Å²) < 4.78 is 19.5. The van der Waals surface area contributed by atoms with Gasteiger partial charge in [0.25, 0.3) is 5.91 Å². The van der Waals surface area contributed by atoms with Gasteiger partial charge in [-0.3, -0.25) is 29.3 Å². The van der Waals surface area contributed by atoms with Crippen molar-refractivity contribution < 1.29 is 38.5 Å². The Labute approximate surface area is 392 Å². The average molecular weight is 929 g/mol. The number of anilines is 1. The molecule has 4 aromatic rings. The van der Waals surface area contributed by atoms with E-state index in [1.807, 2.05) is 18.5 Å². The molecule has 1 aromatic carbocycles. The quantitative estimate of drug-likeness (QED) is 0.101. The number of esters is 1. The van der Waals surface area contributed by atoms with Crippen LogP contribution in [0.15, 0.2) is 35.8 Å². The van der Waals surface area contributed by atoms with Crippen molar-refractivity contribution in [3.8, 4) is 22.5 Å². The maximum atomic E-state index is 14.0. The molecule has 3 N–H and O–H groups in total. The number of piperidine rings is 1. The number of ether oxygens (including phenoxy) is 3. The predicted octanol–water partition coefficient (Wildman–Crippen LogP) is 7.38. The topological polar surface area (TPSA) is 181 Å². The maximum absolute atomic E-state index is 14.0. The van der Waals surface area contributed by atoms with Crippen LogP contribution < -0.4 is 15.6 Å². The molecule has 6 heterocycles. The Bertz CT molecular complexity index is 2410. The molecule has 2 amide bonds. The standard InChI is InChI=1S/C49H68N8O8S/c1-10-56-41-17-16-32(40-28-66-42(51-40)24-39(52-47(62)65-48(4,5)6)45(59)57-19-13-15-38(53-57)46(60)61)22-35(41)37(25-49(7,8)29-64-31(3)58)44(56)36-23-34(26-50-43(36)30(2)63-9)55-21-20-54-18-12-11-14-33(54)27-55/h16-17,22-23,26,28,30,33,38-39,53H,10-15,18-21,24-25,27,29H2,1-9H3,(H,52,62)(H,60,61)/t30?,33-,38+,39?/m1/s1. The largest absolute Gasteiger partial charge is 0.480 e. The van der Waals surface area contributed by atoms with Gasteiger partial charge in [0.05, 0.1) is 46.7 Å². The monoisotopic (exact) mass is 928 g/mol. The van der Waals surface area contributed by atoms with Crippen LogP contribution in [0.4, 0.5) is 10.5 Å². The first-order valence-corrected chi connectivity index (χ1v) is 24.3. The number of aliphatic carboxylic acids is 1. The molecule has 66 heavy (non-hydrogen) atoms. The van der Waals surface area contributed by atoms with Crippen molar-refractivity contribution in [1.29, 1.82) is 0 Å². The second-order valence-corrected chi connectivity index (χ2v) is 20.7. The number of nitrogens with one attached hydrogen (secondary N) is 2. The summed E-state index contributed by atoms with van der Waals surface area (Å²) in [4.78, 5) is 66.3. The third-order valence-corrected chi connectivity index (χ3v) is 13.7. The maximum Gasteiger partial charge on any atom is 0.408 e. The smallest absolute Gasteiger partial charge is 0.408 e. The van der Waals surface area contributed by atoms with Gasteiger partial charge >= 0.3 is 18.0 Å². The zero-order valence-electron chi connectivity index (χ0n) is 40.1. The number of hydrazine groups is 1. The molecule has 3 aliphatic heterocycles. The fraction of sp³-hybridized carbons (Fsp3) is 0.592. The predicted molar refractivity (Wildman–Crippen MR) is 255 cm³/mol. The summed E-state index contributed by atoms with van der Waals surface area (Å²) in [5, 5.41) is 17.3. The molecule has 0 saturated carbocycles. The Morgan fingerprint density at radius 2 is 1.82 bits per heavy atom. The minimum absolute atomic E-state index is 0.0620. The van der Waals surface area contributed by atoms with Gasteiger partial charge in [-0.05, 0) is 97.0 Å². The molecule has 0 spiro atoms. The highest BCUT2D eigenvalue weighted by molar-refractivity contribution is 7.10. The summed E-state index contributed by atoms with van der Waals surface area (Å²) in [6, 6.07) is 7.21. The van der Waals surface area contributed by atoms with Crippen molar-refractivity contribution >= 4 is 51.9 Å². The zero-order valence-corrected chi connectivity index (χ0v) is 40.9. The molecule has 0 aliphatic carbocycles. The van der Waals surface area contributed by atoms with Crippen LogP contribution in [0.5, 0.6) is 0 Å². The number of carboxylic acids is 1. The molecule has 3 saturated heterocycles. The Kier molecular flexibility index (Phi) is 15.1. The SMILES string of the molecule is CCn1c(-c2cc(N3CCN4CCCC[C@@H]4C3)cnc2C(C)OC)c(CC(C)(C)COC(C)=O)c2cc(-c3csc(CC(NC(=O)OC(C)(C)C)C(=O)N4CCC[C@@H](C(=O)O)N4)n3)ccc21. The molecule has 17 heteroatoms. The van der Waals surface area contributed by atoms with Gasteiger partial charge < -0.3 is 34.1 Å². The Morgan fingerprint density at radius 1 is 1.03 bits per heavy atom. The van der Waals surface area contributed by atoms with Crippen LogP contribution in [0.25, 0.3) is 33.4 Å². The third-order valence-electron chi connectivity index (χ3n) is 12.9. The molecular weight excluding hydrogens is 861 g/mol. The second-order valence-electron chi connectivity index (χ2n) is 19.7. The van der Waals surface area contributed by atoms with E-state index in [0.717, 1.165) is 70.8 Å². The van der Waals surface area contributed by atoms with E-state index in [1.165, 1.54) is 42.5 Å². The normalized spacial score (nSPS) is 19.3. The average Bonchev–Trinajstić information content (AvgIpc) is 3.88. The highest BCUT2D eigenvalue weighted by atomic mass is 32.1. The number of piperazine rings is 1. The minimum Gasteiger partial charge on any atom is -0.480 e. The van der Waals surface area contributed by atoms with Crippen LogP contribution in [-0.2, 0) is 48.0 Å². The van der Waals surface area contributed by atoms with E-state index in [9.17, 15) is 24.3 Å². The summed E-state index contributed by atoms with van der Waals surface area (Å²) >= 11 is 1.38. The fourth-order valence-electron chi connectivity index (χ4n) is 9.55. The number of nitrogens with zero attached hydrogens (tertiary/aromatic N) is 6. The first-order valence-electron chi connectivity index (χ1n) is 23.4. The van der Waals surface area contributed by atoms with Gasteiger partial charge in [0.2, 0.25) is 0 Å². The molecule has 0 bridgehead atoms. The van der Waals surface area contributed by atoms with Crippen LogP contribution >= 0.6 is 11.3 Å². The zero-order chi connectivity index (χ0) is 47.5. The van der Waals surface area contributed by atoms with Crippen LogP contribution in [-0.4, -0.2) is 124 Å². The summed E-state index contributed by atoms with van der Waals surface area (Å²) in [5.74, 6) is -1.85. The van der Waals surface area contributed by atoms with Gasteiger partial charge in [0.15, 0.2) is 0 Å². The number of aryl methyl sites for hydroxylation is 1. The van der Waals surface area contributed by atoms with Crippen molar-refractivity contribution in [2.45, 2.75) is 137 Å². The molecule has 3 fully saturated rings. The summed E-state index contributed by atoms with van der Waals surface area (Å²) in [7, 11) is 1.71. The molecular formula is C49H68N8O8S. The number of methoxy groups -OCH3 is 1. The second kappa shape index (κ2) is 20.4. The van der Waals surface area contributed by atoms with Crippen molar-refractivity contribution in [3.05, 3.63) is 52.1 Å². The molecule has 7 rings (SSSR count). The molecule has 2 unspecified atom stereocenters. The third kappa shape index (κ3) is 11.3. The van der Waals surface area contributed by atoms with Crippen molar-refractivity contribution in [2.24, 2.45) is 5.41 Å². The molecule has 3 aliphatic rings. The van der Waals surface area contributed by atoms with Gasteiger partial charge in [0.1, 0.15) is 17.7 Å². The van der Waals surface area contributed by atoms with Crippen molar-refractivity contribution in [1.82, 2.24) is 35.2 Å². The molecule has 0 radical (unpaired) electrons. The number of thiazole rings is 1. The number of aromatic nitrogens is 3. The molecule has 16 nitrogen and oxygen atoms in total. The lowest BCUT2D eigenvalue weighted by Crippen LogP contribution is -2.60. The van der Waals surface area contributed by atoms with Crippen LogP contribution in [0.3, 0.4) is 0 Å². The van der Waals surface area contributed by atoms with Gasteiger partial charge in [-0.15, -0.1) is 11.3 Å². The summed E-state index contributed by atoms with van der Waals surface area (Å²) in [5.41, 5.74) is 9.29. The number of rotatable bonds is 15. The summed E-state index contributed by atoms with van der Waals surface area (Å²) in [6.07, 6.45) is 6.21. The van der Waals surface area contributed by atoms with E-state index >= 15 is 0 Å². The molecule has 358 valence electrons. The number of pyridine rings is 1. The lowest BCUT2D eigenvalue weighted by atomic mass is 9.84. The highest BCUT2D eigenvalue weighted by Crippen LogP contribution is 2.43. The van der Waals surface area contributed by atoms with E-state index in [-0.39, 0.29) is 25.1 Å². The first-order chi connectivity index (χ1) is 31.3. The van der Waals surface area contributed by atoms with Crippen LogP contribution in [0.2, 0.25) is 0 Å². The van der Waals surface area contributed by atoms with Gasteiger partial charge in [-0.1, -0.05) is 26.3 Å². The Morgan fingerprint density at radius 3 is 2.53 bits per heavy atom. The number of amides is 2. The number of benzene rings is 1. The van der Waals surface area contributed by atoms with Crippen molar-refractivity contribution in [2.75, 3.05) is 51.3 Å². The Hall–Kier alpha value is -5.10. The van der Waals surface area contributed by atoms with E-state index < -0.39 is 41.1 Å². The van der Waals surface area contributed by atoms with E-state index in [4.69, 9.17) is 24.2 Å². The van der Waals surface area contributed by atoms with E-state index in [1.54, 1.807) is 27.9 Å². The van der Waals surface area contributed by atoms with Crippen molar-refractivity contribution in [3.63, 3.8) is 0 Å². The van der Waals surface area contributed by atoms with Gasteiger partial charge in [0, 0.05) is 92.0 Å². The number of fused-ring (bicyclic) bond motifs is 2. The number of hydrogen-bond acceptors (Lipinski definition) is 13. The summed E-state index contributed by atoms with van der Waals surface area (Å²) in [6.45, 7) is 20.4. The Balaban J connectivity index is 1.29. The number of carbonyl (C=O) groups is 4. The highest BCUT2D eigenvalue weighted by Gasteiger charge is 2.35. The fourth-order valence-corrected chi connectivity index (χ4v) is 10.4. The number of hydrogen-bond donors (Lipinski definition) is 3. The lowest BCUT2D eigenvalue weighted by Gasteiger charge is -2.45. The molecule has 4 atom stereocenters. The minimum atomic E-state index is -1.08. The van der Waals surface area contributed by atoms with E-state index in [2.05, 4.69) is 70.1 Å². The number of carboxylic acid groups (broad SMARTS) is 1. The van der Waals surface area contributed by atoms with Crippen LogP contribution in [0.1, 0.15) is 110 Å². The number of alkyl carbamates (subject to hydrolysis) is 1. The lowest BCUT2D eigenvalue weighted by molar-refractivity contribution is -0.148. The number of carbonyl (C=O) groups excluding carboxylic acids is 3. The van der Waals surface area contributed by atoms with Gasteiger partial charge in [-0.25, -0.2) is 15.2 Å².